The maximum absolute atomic E-state index is 12.7. The number of rotatable bonds is 8. The summed E-state index contributed by atoms with van der Waals surface area (Å²) in [6, 6.07) is 14.2. The predicted molar refractivity (Wildman–Crippen MR) is 125 cm³/mol. The summed E-state index contributed by atoms with van der Waals surface area (Å²) >= 11 is 0.858. The Balaban J connectivity index is 1.38. The highest BCUT2D eigenvalue weighted by Gasteiger charge is 2.34. The van der Waals surface area contributed by atoms with Gasteiger partial charge in [-0.1, -0.05) is 24.3 Å². The highest BCUT2D eigenvalue weighted by atomic mass is 32.2. The van der Waals surface area contributed by atoms with Crippen molar-refractivity contribution in [3.63, 3.8) is 0 Å². The minimum atomic E-state index is -0.407. The summed E-state index contributed by atoms with van der Waals surface area (Å²) in [5.41, 5.74) is 1.32. The highest BCUT2D eigenvalue weighted by molar-refractivity contribution is 8.18. The number of nitrogens with one attached hydrogen (secondary N) is 1. The fourth-order valence-corrected chi connectivity index (χ4v) is 4.22. The summed E-state index contributed by atoms with van der Waals surface area (Å²) < 4.78 is 16.4. The number of amides is 3. The van der Waals surface area contributed by atoms with Gasteiger partial charge in [-0.15, -0.1) is 0 Å². The van der Waals surface area contributed by atoms with Crippen LogP contribution in [0.25, 0.3) is 17.0 Å². The number of furan rings is 1. The number of methoxy groups -OCH3 is 1. The van der Waals surface area contributed by atoms with E-state index in [0.717, 1.165) is 22.0 Å². The Bertz CT molecular complexity index is 1220. The van der Waals surface area contributed by atoms with Crippen molar-refractivity contribution in [2.24, 2.45) is 0 Å². The largest absolute Gasteiger partial charge is 0.493 e. The first kappa shape index (κ1) is 22.5. The molecule has 2 aromatic carbocycles. The van der Waals surface area contributed by atoms with Crippen LogP contribution in [-0.2, 0) is 4.79 Å². The van der Waals surface area contributed by atoms with Crippen LogP contribution in [0.2, 0.25) is 0 Å². The lowest BCUT2D eigenvalue weighted by molar-refractivity contribution is -0.122. The van der Waals surface area contributed by atoms with E-state index in [4.69, 9.17) is 13.9 Å². The van der Waals surface area contributed by atoms with Gasteiger partial charge in [-0.05, 0) is 54.6 Å². The fraction of sp³-hybridized carbons (Fsp3) is 0.208. The van der Waals surface area contributed by atoms with Crippen LogP contribution in [0.5, 0.6) is 11.5 Å². The van der Waals surface area contributed by atoms with Gasteiger partial charge in [0.2, 0.25) is 0 Å². The van der Waals surface area contributed by atoms with E-state index in [1.807, 2.05) is 25.1 Å². The summed E-state index contributed by atoms with van der Waals surface area (Å²) in [4.78, 5) is 38.9. The molecule has 1 aromatic heterocycles. The van der Waals surface area contributed by atoms with Gasteiger partial charge in [0.25, 0.3) is 17.1 Å². The second-order valence-electron chi connectivity index (χ2n) is 7.08. The summed E-state index contributed by atoms with van der Waals surface area (Å²) in [7, 11) is 1.54. The van der Waals surface area contributed by atoms with Gasteiger partial charge in [0.15, 0.2) is 17.3 Å². The molecular weight excluding hydrogens is 444 g/mol. The molecule has 8 nitrogen and oxygen atoms in total. The van der Waals surface area contributed by atoms with Crippen LogP contribution in [0.15, 0.2) is 57.9 Å². The van der Waals surface area contributed by atoms with Crippen LogP contribution >= 0.6 is 11.8 Å². The maximum atomic E-state index is 12.7. The summed E-state index contributed by atoms with van der Waals surface area (Å²) in [5, 5.41) is 3.12. The average Bonchev–Trinajstić information content (AvgIpc) is 3.36. The summed E-state index contributed by atoms with van der Waals surface area (Å²) in [5.74, 6) is 0.504. The minimum Gasteiger partial charge on any atom is -0.493 e. The van der Waals surface area contributed by atoms with Crippen LogP contribution in [0.3, 0.4) is 0 Å². The topological polar surface area (TPSA) is 98.1 Å². The molecule has 0 radical (unpaired) electrons. The van der Waals surface area contributed by atoms with Crippen LogP contribution in [0.4, 0.5) is 4.79 Å². The molecular formula is C24H22N2O6S. The van der Waals surface area contributed by atoms with Crippen molar-refractivity contribution >= 4 is 45.9 Å². The van der Waals surface area contributed by atoms with Crippen LogP contribution in [-0.4, -0.2) is 48.8 Å². The molecule has 1 aliphatic heterocycles. The number of hydrogen-bond acceptors (Lipinski definition) is 7. The number of imide groups is 1. The number of benzene rings is 2. The number of para-hydroxylation sites is 1. The van der Waals surface area contributed by atoms with Gasteiger partial charge in [0.05, 0.1) is 18.6 Å². The van der Waals surface area contributed by atoms with Gasteiger partial charge >= 0.3 is 0 Å². The van der Waals surface area contributed by atoms with Gasteiger partial charge in [0, 0.05) is 18.5 Å². The van der Waals surface area contributed by atoms with E-state index in [0.29, 0.717) is 34.2 Å². The van der Waals surface area contributed by atoms with E-state index < -0.39 is 11.8 Å². The van der Waals surface area contributed by atoms with Gasteiger partial charge in [-0.2, -0.15) is 0 Å². The minimum absolute atomic E-state index is 0.0561. The van der Waals surface area contributed by atoms with Gasteiger partial charge in [-0.25, -0.2) is 0 Å². The molecule has 1 fully saturated rings. The van der Waals surface area contributed by atoms with Crippen molar-refractivity contribution in [3.8, 4) is 11.5 Å². The van der Waals surface area contributed by atoms with E-state index in [9.17, 15) is 14.4 Å². The molecule has 3 amide bonds. The number of fused-ring (bicyclic) bond motifs is 1. The standard InChI is InChI=1S/C24H22N2O6S/c1-3-31-18-9-8-15(12-19(18)30-2)13-21-23(28)26(24(29)33-21)11-10-25-22(27)20-14-16-6-4-5-7-17(16)32-20/h4-9,12-14H,3,10-11H2,1-2H3,(H,25,27)/b21-13-. The first-order valence-electron chi connectivity index (χ1n) is 10.3. The molecule has 4 rings (SSSR count). The van der Waals surface area contributed by atoms with Crippen LogP contribution in [0, 0.1) is 0 Å². The number of hydrogen-bond donors (Lipinski definition) is 1. The summed E-state index contributed by atoms with van der Waals surface area (Å²) in [6.07, 6.45) is 1.64. The normalized spacial score (nSPS) is 14.8. The molecule has 3 aromatic rings. The highest BCUT2D eigenvalue weighted by Crippen LogP contribution is 2.34. The van der Waals surface area contributed by atoms with Gasteiger partial charge in [-0.3, -0.25) is 19.3 Å². The Morgan fingerprint density at radius 1 is 1.15 bits per heavy atom. The smallest absolute Gasteiger partial charge is 0.293 e. The maximum Gasteiger partial charge on any atom is 0.293 e. The Labute approximate surface area is 194 Å². The SMILES string of the molecule is CCOc1ccc(/C=C2\SC(=O)N(CCNC(=O)c3cc4ccccc4o3)C2=O)cc1OC. The Morgan fingerprint density at radius 3 is 2.73 bits per heavy atom. The third-order valence-electron chi connectivity index (χ3n) is 4.93. The molecule has 0 spiro atoms. The lowest BCUT2D eigenvalue weighted by Crippen LogP contribution is -2.37. The zero-order chi connectivity index (χ0) is 23.4. The van der Waals surface area contributed by atoms with Crippen LogP contribution < -0.4 is 14.8 Å². The van der Waals surface area contributed by atoms with E-state index in [1.165, 1.54) is 7.11 Å². The predicted octanol–water partition coefficient (Wildman–Crippen LogP) is 4.31. The number of nitrogens with zero attached hydrogens (tertiary/aromatic N) is 1. The average molecular weight is 467 g/mol. The quantitative estimate of drug-likeness (QED) is 0.494. The molecule has 9 heteroatoms. The van der Waals surface area contributed by atoms with E-state index in [-0.39, 0.29) is 24.1 Å². The first-order chi connectivity index (χ1) is 16.0. The zero-order valence-electron chi connectivity index (χ0n) is 18.1. The monoisotopic (exact) mass is 466 g/mol. The lowest BCUT2D eigenvalue weighted by atomic mass is 10.2. The number of carbonyl (C=O) groups is 3. The van der Waals surface area contributed by atoms with Crippen molar-refractivity contribution in [1.82, 2.24) is 10.2 Å². The summed E-state index contributed by atoms with van der Waals surface area (Å²) in [6.45, 7) is 2.54. The molecule has 0 aliphatic carbocycles. The van der Waals surface area contributed by atoms with Crippen molar-refractivity contribution < 1.29 is 28.3 Å². The first-order valence-corrected chi connectivity index (χ1v) is 11.1. The number of thioether (sulfide) groups is 1. The van der Waals surface area contributed by atoms with Crippen molar-refractivity contribution in [2.75, 3.05) is 26.8 Å². The Kier molecular flexibility index (Phi) is 6.69. The molecule has 1 N–H and O–H groups in total. The van der Waals surface area contributed by atoms with Crippen LogP contribution in [0.1, 0.15) is 23.0 Å². The lowest BCUT2D eigenvalue weighted by Gasteiger charge is -2.12. The molecule has 170 valence electrons. The molecule has 0 saturated carbocycles. The second-order valence-corrected chi connectivity index (χ2v) is 8.07. The fourth-order valence-electron chi connectivity index (χ4n) is 3.35. The number of ether oxygens (including phenoxy) is 2. The third-order valence-corrected chi connectivity index (χ3v) is 5.84. The van der Waals surface area contributed by atoms with E-state index in [2.05, 4.69) is 5.32 Å². The molecule has 1 saturated heterocycles. The molecule has 0 unspecified atom stereocenters. The van der Waals surface area contributed by atoms with Gasteiger partial charge < -0.3 is 19.2 Å². The van der Waals surface area contributed by atoms with E-state index in [1.54, 1.807) is 36.4 Å². The molecule has 1 aliphatic rings. The molecule has 2 heterocycles. The second kappa shape index (κ2) is 9.83. The van der Waals surface area contributed by atoms with E-state index >= 15 is 0 Å². The molecule has 33 heavy (non-hydrogen) atoms. The third kappa shape index (κ3) is 4.88. The van der Waals surface area contributed by atoms with Crippen molar-refractivity contribution in [3.05, 3.63) is 64.8 Å². The van der Waals surface area contributed by atoms with Gasteiger partial charge in [0.1, 0.15) is 5.58 Å². The number of carbonyl (C=O) groups excluding carboxylic acids is 3. The molecule has 0 atom stereocenters. The Morgan fingerprint density at radius 2 is 1.97 bits per heavy atom. The van der Waals surface area contributed by atoms with Crippen molar-refractivity contribution in [1.29, 1.82) is 0 Å². The zero-order valence-corrected chi connectivity index (χ0v) is 18.9. The Hall–Kier alpha value is -3.72. The van der Waals surface area contributed by atoms with Crippen molar-refractivity contribution in [2.45, 2.75) is 6.92 Å². The molecule has 0 bridgehead atoms.